The molecule has 2 aromatic rings. The Morgan fingerprint density at radius 3 is 1.85 bits per heavy atom. The first-order valence-electron chi connectivity index (χ1n) is 7.57. The number of nitrogens with one attached hydrogen (secondary N) is 1. The molecule has 3 rings (SSSR count). The SMILES string of the molecule is O=C1NC(c2ccc([N+](=O)[O-])cc2)C(=C(O)c2ccc([N+](=O)[O-])cc2)C1=O. The average Bonchev–Trinajstić information content (AvgIpc) is 2.96. The van der Waals surface area contributed by atoms with Crippen molar-refractivity contribution < 1.29 is 24.5 Å². The maximum absolute atomic E-state index is 12.2. The van der Waals surface area contributed by atoms with Crippen molar-refractivity contribution in [2.24, 2.45) is 0 Å². The third-order valence-corrected chi connectivity index (χ3v) is 4.06. The molecule has 136 valence electrons. The third kappa shape index (κ3) is 3.23. The Bertz CT molecular complexity index is 994. The van der Waals surface area contributed by atoms with Crippen LogP contribution >= 0.6 is 0 Å². The number of aliphatic hydroxyl groups is 1. The molecule has 2 N–H and O–H groups in total. The van der Waals surface area contributed by atoms with E-state index in [2.05, 4.69) is 5.32 Å². The molecule has 1 saturated heterocycles. The second-order valence-electron chi connectivity index (χ2n) is 5.65. The summed E-state index contributed by atoms with van der Waals surface area (Å²) in [7, 11) is 0. The Labute approximate surface area is 151 Å². The van der Waals surface area contributed by atoms with Crippen LogP contribution in [-0.2, 0) is 9.59 Å². The summed E-state index contributed by atoms with van der Waals surface area (Å²) in [4.78, 5) is 44.3. The van der Waals surface area contributed by atoms with Crippen LogP contribution < -0.4 is 5.32 Å². The van der Waals surface area contributed by atoms with Crippen molar-refractivity contribution in [2.45, 2.75) is 6.04 Å². The highest BCUT2D eigenvalue weighted by molar-refractivity contribution is 6.46. The molecule has 1 amide bonds. The van der Waals surface area contributed by atoms with E-state index >= 15 is 0 Å². The Balaban J connectivity index is 2.05. The van der Waals surface area contributed by atoms with Crippen LogP contribution in [0.15, 0.2) is 54.1 Å². The number of carbonyl (C=O) groups excluding carboxylic acids is 2. The van der Waals surface area contributed by atoms with Gasteiger partial charge in [0.2, 0.25) is 0 Å². The molecule has 10 heteroatoms. The van der Waals surface area contributed by atoms with Gasteiger partial charge >= 0.3 is 0 Å². The van der Waals surface area contributed by atoms with E-state index in [1.165, 1.54) is 36.4 Å². The van der Waals surface area contributed by atoms with E-state index in [1.807, 2.05) is 0 Å². The van der Waals surface area contributed by atoms with Crippen LogP contribution in [-0.4, -0.2) is 26.6 Å². The van der Waals surface area contributed by atoms with E-state index in [1.54, 1.807) is 0 Å². The highest BCUT2D eigenvalue weighted by Crippen LogP contribution is 2.33. The Kier molecular flexibility index (Phi) is 4.38. The molecule has 27 heavy (non-hydrogen) atoms. The summed E-state index contributed by atoms with van der Waals surface area (Å²) in [6.45, 7) is 0. The highest BCUT2D eigenvalue weighted by atomic mass is 16.6. The van der Waals surface area contributed by atoms with Crippen molar-refractivity contribution >= 4 is 28.8 Å². The lowest BCUT2D eigenvalue weighted by Gasteiger charge is -2.13. The molecule has 0 spiro atoms. The molecule has 0 aromatic heterocycles. The van der Waals surface area contributed by atoms with Gasteiger partial charge in [-0.2, -0.15) is 0 Å². The van der Waals surface area contributed by atoms with Crippen molar-refractivity contribution in [3.8, 4) is 0 Å². The van der Waals surface area contributed by atoms with E-state index < -0.39 is 33.3 Å². The van der Waals surface area contributed by atoms with E-state index in [0.717, 1.165) is 12.1 Å². The van der Waals surface area contributed by atoms with Crippen LogP contribution in [0.1, 0.15) is 17.2 Å². The molecule has 1 fully saturated rings. The van der Waals surface area contributed by atoms with Gasteiger partial charge in [-0.05, 0) is 29.8 Å². The molecule has 0 aliphatic carbocycles. The van der Waals surface area contributed by atoms with E-state index in [0.29, 0.717) is 5.56 Å². The Morgan fingerprint density at radius 1 is 0.889 bits per heavy atom. The minimum atomic E-state index is -0.999. The molecule has 2 aromatic carbocycles. The molecule has 1 heterocycles. The molecule has 1 unspecified atom stereocenters. The molecule has 0 radical (unpaired) electrons. The number of ketones is 1. The molecule has 1 aliphatic heterocycles. The number of nitrogens with zero attached hydrogens (tertiary/aromatic N) is 2. The van der Waals surface area contributed by atoms with Crippen LogP contribution in [0.4, 0.5) is 11.4 Å². The van der Waals surface area contributed by atoms with E-state index in [9.17, 15) is 34.9 Å². The van der Waals surface area contributed by atoms with Gasteiger partial charge in [0.05, 0.1) is 21.5 Å². The summed E-state index contributed by atoms with van der Waals surface area (Å²) in [5.74, 6) is -2.38. The first-order valence-corrected chi connectivity index (χ1v) is 7.57. The highest BCUT2D eigenvalue weighted by Gasteiger charge is 2.39. The van der Waals surface area contributed by atoms with Crippen molar-refractivity contribution in [3.05, 3.63) is 85.5 Å². The fourth-order valence-corrected chi connectivity index (χ4v) is 2.70. The zero-order chi connectivity index (χ0) is 19.7. The van der Waals surface area contributed by atoms with Gasteiger partial charge in [0.15, 0.2) is 0 Å². The summed E-state index contributed by atoms with van der Waals surface area (Å²) < 4.78 is 0. The minimum Gasteiger partial charge on any atom is -0.507 e. The average molecular weight is 369 g/mol. The van der Waals surface area contributed by atoms with Crippen LogP contribution in [0.25, 0.3) is 5.76 Å². The van der Waals surface area contributed by atoms with Gasteiger partial charge in [0.25, 0.3) is 23.1 Å². The topological polar surface area (TPSA) is 153 Å². The van der Waals surface area contributed by atoms with Crippen LogP contribution in [0, 0.1) is 20.2 Å². The molecule has 1 aliphatic rings. The number of carbonyl (C=O) groups is 2. The van der Waals surface area contributed by atoms with Crippen molar-refractivity contribution in [3.63, 3.8) is 0 Å². The quantitative estimate of drug-likeness (QED) is 0.275. The number of nitro groups is 2. The number of amides is 1. The molecule has 0 bridgehead atoms. The summed E-state index contributed by atoms with van der Waals surface area (Å²) in [6, 6.07) is 8.97. The maximum Gasteiger partial charge on any atom is 0.293 e. The molecule has 1 atom stereocenters. The van der Waals surface area contributed by atoms with Gasteiger partial charge in [-0.1, -0.05) is 0 Å². The number of hydrogen-bond acceptors (Lipinski definition) is 7. The van der Waals surface area contributed by atoms with E-state index in [4.69, 9.17) is 0 Å². The van der Waals surface area contributed by atoms with Crippen molar-refractivity contribution in [2.75, 3.05) is 0 Å². The zero-order valence-corrected chi connectivity index (χ0v) is 13.5. The second-order valence-corrected chi connectivity index (χ2v) is 5.65. The van der Waals surface area contributed by atoms with Gasteiger partial charge in [-0.25, -0.2) is 0 Å². The maximum atomic E-state index is 12.2. The Morgan fingerprint density at radius 2 is 1.37 bits per heavy atom. The van der Waals surface area contributed by atoms with Crippen LogP contribution in [0.5, 0.6) is 0 Å². The lowest BCUT2D eigenvalue weighted by atomic mass is 9.95. The van der Waals surface area contributed by atoms with Crippen molar-refractivity contribution in [1.82, 2.24) is 5.32 Å². The summed E-state index contributed by atoms with van der Waals surface area (Å²) in [6.07, 6.45) is 0. The van der Waals surface area contributed by atoms with Gasteiger partial charge in [-0.3, -0.25) is 29.8 Å². The number of benzene rings is 2. The van der Waals surface area contributed by atoms with Gasteiger partial charge < -0.3 is 10.4 Å². The largest absolute Gasteiger partial charge is 0.507 e. The second kappa shape index (κ2) is 6.67. The predicted molar refractivity (Wildman–Crippen MR) is 91.6 cm³/mol. The first-order chi connectivity index (χ1) is 12.8. The van der Waals surface area contributed by atoms with Crippen LogP contribution in [0.3, 0.4) is 0 Å². The monoisotopic (exact) mass is 369 g/mol. The molecule has 0 saturated carbocycles. The standard InChI is InChI=1S/C17H11N3O7/c21-15(10-3-7-12(8-4-10)20(26)27)13-14(18-17(23)16(13)22)9-1-5-11(6-2-9)19(24)25/h1-8,14,21H,(H,18,23). The lowest BCUT2D eigenvalue weighted by Crippen LogP contribution is -2.21. The number of nitro benzene ring substituents is 2. The van der Waals surface area contributed by atoms with Crippen LogP contribution in [0.2, 0.25) is 0 Å². The number of rotatable bonds is 4. The number of hydrogen-bond donors (Lipinski definition) is 2. The fraction of sp³-hybridized carbons (Fsp3) is 0.0588. The third-order valence-electron chi connectivity index (χ3n) is 4.06. The smallest absolute Gasteiger partial charge is 0.293 e. The summed E-state index contributed by atoms with van der Waals surface area (Å²) in [5.41, 5.74) is -0.117. The first kappa shape index (κ1) is 17.7. The summed E-state index contributed by atoms with van der Waals surface area (Å²) in [5, 5.41) is 34.4. The van der Waals surface area contributed by atoms with Gasteiger partial charge in [0, 0.05) is 29.8 Å². The van der Waals surface area contributed by atoms with Gasteiger partial charge in [0.1, 0.15) is 5.76 Å². The van der Waals surface area contributed by atoms with E-state index in [-0.39, 0.29) is 22.5 Å². The lowest BCUT2D eigenvalue weighted by molar-refractivity contribution is -0.385. The number of Topliss-reactive ketones (excluding diaryl/α,β-unsaturated/α-hetero) is 1. The van der Waals surface area contributed by atoms with Crippen molar-refractivity contribution in [1.29, 1.82) is 0 Å². The molecule has 10 nitrogen and oxygen atoms in total. The fourth-order valence-electron chi connectivity index (χ4n) is 2.70. The van der Waals surface area contributed by atoms with Gasteiger partial charge in [-0.15, -0.1) is 0 Å². The normalized spacial score (nSPS) is 18.1. The number of aliphatic hydroxyl groups excluding tert-OH is 1. The summed E-state index contributed by atoms with van der Waals surface area (Å²) >= 11 is 0. The molecular formula is C17H11N3O7. The predicted octanol–water partition coefficient (Wildman–Crippen LogP) is 2.21. The number of non-ortho nitro benzene ring substituents is 2. The molecular weight excluding hydrogens is 358 g/mol. The zero-order valence-electron chi connectivity index (χ0n) is 13.5. The minimum absolute atomic E-state index is 0.118. The Hall–Kier alpha value is -4.08.